The number of aryl methyl sites for hydroxylation is 2. The van der Waals surface area contributed by atoms with E-state index in [1.165, 1.54) is 5.69 Å². The van der Waals surface area contributed by atoms with Crippen LogP contribution in [0, 0.1) is 20.8 Å². The number of hydrogen-bond donors (Lipinski definition) is 0. The van der Waals surface area contributed by atoms with Gasteiger partial charge in [-0.15, -0.1) is 0 Å². The largest absolute Gasteiger partial charge is 0.335 e. The van der Waals surface area contributed by atoms with Crippen molar-refractivity contribution in [3.63, 3.8) is 0 Å². The van der Waals surface area contributed by atoms with Crippen LogP contribution in [0.4, 0.5) is 0 Å². The zero-order chi connectivity index (χ0) is 9.02. The van der Waals surface area contributed by atoms with Crippen molar-refractivity contribution in [2.75, 3.05) is 0 Å². The molecule has 1 aromatic rings. The van der Waals surface area contributed by atoms with E-state index < -0.39 is 0 Å². The quantitative estimate of drug-likeness (QED) is 0.635. The van der Waals surface area contributed by atoms with Crippen LogP contribution in [-0.2, 0) is 7.05 Å². The molecule has 0 bridgehead atoms. The van der Waals surface area contributed by atoms with E-state index in [9.17, 15) is 0 Å². The molecule has 0 radical (unpaired) electrons. The van der Waals surface area contributed by atoms with Crippen molar-refractivity contribution < 1.29 is 0 Å². The average molecular weight is 378 g/mol. The molecule has 0 fully saturated rings. The van der Waals surface area contributed by atoms with Crippen LogP contribution in [-0.4, -0.2) is 9.55 Å². The van der Waals surface area contributed by atoms with E-state index in [-0.39, 0.29) is 0 Å². The Morgan fingerprint density at radius 2 is 1.64 bits per heavy atom. The number of rotatable bonds is 0. The molecule has 0 saturated heterocycles. The highest BCUT2D eigenvalue weighted by Crippen LogP contribution is 2.05. The van der Waals surface area contributed by atoms with E-state index in [0.29, 0.717) is 0 Å². The average Bonchev–Trinajstić information content (AvgIpc) is 2.22. The Morgan fingerprint density at radius 1 is 1.18 bits per heavy atom. The van der Waals surface area contributed by atoms with Crippen LogP contribution in [0.3, 0.4) is 0 Å². The molecule has 2 nitrogen and oxygen atoms in total. The van der Waals surface area contributed by atoms with Gasteiger partial charge in [-0.1, -0.05) is 0 Å². The first kappa shape index (κ1) is 11.7. The van der Waals surface area contributed by atoms with Crippen LogP contribution in [0.15, 0.2) is 0 Å². The molecule has 0 unspecified atom stereocenters. The first-order valence-corrected chi connectivity index (χ1v) is 9.52. The fourth-order valence-electron chi connectivity index (χ4n) is 0.884. The summed E-state index contributed by atoms with van der Waals surface area (Å²) < 4.78 is 2.09. The molecular formula is C7H12I2N2. The first-order chi connectivity index (χ1) is 5.13. The molecule has 0 aromatic carbocycles. The predicted molar refractivity (Wildman–Crippen MR) is 65.5 cm³/mol. The van der Waals surface area contributed by atoms with Crippen LogP contribution in [0.1, 0.15) is 17.2 Å². The number of halogens is 2. The van der Waals surface area contributed by atoms with Gasteiger partial charge in [-0.2, -0.15) is 0 Å². The fraction of sp³-hybridized carbons (Fsp3) is 0.571. The summed E-state index contributed by atoms with van der Waals surface area (Å²) >= 11 is 4.24. The summed E-state index contributed by atoms with van der Waals surface area (Å²) in [7, 11) is 2.03. The third kappa shape index (κ3) is 2.89. The van der Waals surface area contributed by atoms with E-state index in [0.717, 1.165) is 11.5 Å². The highest BCUT2D eigenvalue weighted by molar-refractivity contribution is 15.0. The van der Waals surface area contributed by atoms with Crippen LogP contribution < -0.4 is 0 Å². The van der Waals surface area contributed by atoms with Crippen LogP contribution in [0.2, 0.25) is 0 Å². The van der Waals surface area contributed by atoms with Crippen LogP contribution >= 0.6 is 37.2 Å². The minimum Gasteiger partial charge on any atom is -0.335 e. The Balaban J connectivity index is 0.000000461. The summed E-state index contributed by atoms with van der Waals surface area (Å²) in [4.78, 5) is 4.27. The lowest BCUT2D eigenvalue weighted by atomic mass is 10.4. The molecule has 0 N–H and O–H groups in total. The van der Waals surface area contributed by atoms with Gasteiger partial charge in [0.25, 0.3) is 0 Å². The molecular weight excluding hydrogens is 366 g/mol. The number of aromatic nitrogens is 2. The fourth-order valence-corrected chi connectivity index (χ4v) is 0.884. The molecule has 0 atom stereocenters. The maximum atomic E-state index is 4.27. The van der Waals surface area contributed by atoms with E-state index in [4.69, 9.17) is 0 Å². The Morgan fingerprint density at radius 3 is 1.73 bits per heavy atom. The number of nitrogens with zero attached hydrogens (tertiary/aromatic N) is 2. The molecule has 1 heterocycles. The smallest absolute Gasteiger partial charge is 0.105 e. The van der Waals surface area contributed by atoms with Crippen LogP contribution in [0.5, 0.6) is 0 Å². The van der Waals surface area contributed by atoms with Crippen molar-refractivity contribution in [3.05, 3.63) is 17.2 Å². The lowest BCUT2D eigenvalue weighted by Gasteiger charge is -1.94. The van der Waals surface area contributed by atoms with Gasteiger partial charge in [-0.25, -0.2) is 4.98 Å². The first-order valence-electron chi connectivity index (χ1n) is 3.23. The second kappa shape index (κ2) is 5.34. The lowest BCUT2D eigenvalue weighted by molar-refractivity contribution is 0.827. The van der Waals surface area contributed by atoms with Crippen LogP contribution in [0.25, 0.3) is 0 Å². The Kier molecular flexibility index (Phi) is 5.66. The van der Waals surface area contributed by atoms with Gasteiger partial charge in [0.05, 0.1) is 5.69 Å². The zero-order valence-corrected chi connectivity index (χ0v) is 11.5. The Labute approximate surface area is 91.1 Å². The lowest BCUT2D eigenvalue weighted by Crippen LogP contribution is -1.92. The molecule has 1 aromatic heterocycles. The summed E-state index contributed by atoms with van der Waals surface area (Å²) in [6, 6.07) is 0. The van der Waals surface area contributed by atoms with E-state index >= 15 is 0 Å². The van der Waals surface area contributed by atoms with E-state index in [1.54, 1.807) is 0 Å². The van der Waals surface area contributed by atoms with Gasteiger partial charge < -0.3 is 4.57 Å². The molecule has 0 aliphatic rings. The molecule has 11 heavy (non-hydrogen) atoms. The SMILES string of the molecule is Cc1nc(C)n(C)c1C.II. The third-order valence-electron chi connectivity index (χ3n) is 1.84. The predicted octanol–water partition coefficient (Wildman–Crippen LogP) is 3.12. The van der Waals surface area contributed by atoms with Crippen molar-refractivity contribution in [2.45, 2.75) is 20.8 Å². The molecule has 0 aliphatic carbocycles. The zero-order valence-electron chi connectivity index (χ0n) is 7.15. The van der Waals surface area contributed by atoms with Crippen molar-refractivity contribution in [1.82, 2.24) is 9.55 Å². The molecule has 0 saturated carbocycles. The van der Waals surface area contributed by atoms with Gasteiger partial charge in [0.2, 0.25) is 0 Å². The van der Waals surface area contributed by atoms with Gasteiger partial charge in [-0.05, 0) is 20.8 Å². The highest BCUT2D eigenvalue weighted by Gasteiger charge is 2.00. The monoisotopic (exact) mass is 378 g/mol. The second-order valence-corrected chi connectivity index (χ2v) is 2.39. The molecule has 0 amide bonds. The molecule has 4 heteroatoms. The minimum absolute atomic E-state index is 1.09. The summed E-state index contributed by atoms with van der Waals surface area (Å²) in [6.07, 6.45) is 0. The van der Waals surface area contributed by atoms with Gasteiger partial charge in [0.1, 0.15) is 5.82 Å². The molecule has 64 valence electrons. The van der Waals surface area contributed by atoms with E-state index in [2.05, 4.69) is 53.7 Å². The van der Waals surface area contributed by atoms with Gasteiger partial charge in [0, 0.05) is 50.0 Å². The molecule has 1 rings (SSSR count). The number of hydrogen-bond acceptors (Lipinski definition) is 1. The van der Waals surface area contributed by atoms with Crippen molar-refractivity contribution in [1.29, 1.82) is 0 Å². The standard InChI is InChI=1S/C7H12N2.I2/c1-5-6(2)9(4)7(3)8-5;1-2/h1-4H3;. The van der Waals surface area contributed by atoms with Gasteiger partial charge in [0.15, 0.2) is 0 Å². The summed E-state index contributed by atoms with van der Waals surface area (Å²) in [6.45, 7) is 6.12. The van der Waals surface area contributed by atoms with Gasteiger partial charge in [-0.3, -0.25) is 0 Å². The van der Waals surface area contributed by atoms with Crippen molar-refractivity contribution in [2.24, 2.45) is 7.05 Å². The van der Waals surface area contributed by atoms with Gasteiger partial charge >= 0.3 is 0 Å². The summed E-state index contributed by atoms with van der Waals surface area (Å²) in [5.41, 5.74) is 2.39. The van der Waals surface area contributed by atoms with Crippen molar-refractivity contribution >= 4 is 37.2 Å². The number of imidazole rings is 1. The highest BCUT2D eigenvalue weighted by atomic mass is 128. The maximum absolute atomic E-state index is 4.27. The topological polar surface area (TPSA) is 17.8 Å². The van der Waals surface area contributed by atoms with Crippen molar-refractivity contribution in [3.8, 4) is 0 Å². The summed E-state index contributed by atoms with van der Waals surface area (Å²) in [5, 5.41) is 0. The minimum atomic E-state index is 1.09. The molecule has 0 spiro atoms. The Bertz CT molecular complexity index is 208. The third-order valence-corrected chi connectivity index (χ3v) is 1.84. The maximum Gasteiger partial charge on any atom is 0.105 e. The normalized spacial score (nSPS) is 8.91. The molecule has 0 aliphatic heterocycles. The van der Waals surface area contributed by atoms with E-state index in [1.807, 2.05) is 20.9 Å². The Hall–Kier alpha value is 0.670. The second-order valence-electron chi connectivity index (χ2n) is 2.39. The summed E-state index contributed by atoms with van der Waals surface area (Å²) in [5.74, 6) is 1.09.